The largest absolute Gasteiger partial charge is 0.396 e. The fraction of sp³-hybridized carbons (Fsp3) is 0.455. The van der Waals surface area contributed by atoms with E-state index in [2.05, 4.69) is 15.6 Å². The Kier molecular flexibility index (Phi) is 5.72. The Bertz CT molecular complexity index is 373. The Morgan fingerprint density at radius 2 is 2.41 bits per heavy atom. The number of hydrogen-bond donors (Lipinski definition) is 3. The number of halogens is 1. The first-order valence-electron chi connectivity index (χ1n) is 5.45. The van der Waals surface area contributed by atoms with E-state index < -0.39 is 0 Å². The summed E-state index contributed by atoms with van der Waals surface area (Å²) < 4.78 is 0. The molecule has 94 valence electrons. The maximum Gasteiger partial charge on any atom is 0.319 e. The Morgan fingerprint density at radius 3 is 3.00 bits per heavy atom. The van der Waals surface area contributed by atoms with E-state index >= 15 is 0 Å². The maximum absolute atomic E-state index is 11.6. The summed E-state index contributed by atoms with van der Waals surface area (Å²) in [5.74, 6) is 0. The molecule has 17 heavy (non-hydrogen) atoms. The molecule has 1 aromatic rings. The highest BCUT2D eigenvalue weighted by atomic mass is 35.5. The number of carbonyl (C=O) groups is 1. The zero-order valence-corrected chi connectivity index (χ0v) is 10.4. The van der Waals surface area contributed by atoms with Crippen LogP contribution in [0.1, 0.15) is 19.8 Å². The first kappa shape index (κ1) is 13.7. The Morgan fingerprint density at radius 1 is 1.65 bits per heavy atom. The molecule has 0 radical (unpaired) electrons. The van der Waals surface area contributed by atoms with Gasteiger partial charge in [0.1, 0.15) is 5.15 Å². The van der Waals surface area contributed by atoms with Crippen molar-refractivity contribution in [3.05, 3.63) is 23.5 Å². The highest BCUT2D eigenvalue weighted by molar-refractivity contribution is 6.29. The van der Waals surface area contributed by atoms with Gasteiger partial charge in [0.05, 0.1) is 0 Å². The molecule has 1 unspecified atom stereocenters. The molecule has 0 spiro atoms. The minimum Gasteiger partial charge on any atom is -0.396 e. The van der Waals surface area contributed by atoms with Crippen LogP contribution in [0.3, 0.4) is 0 Å². The molecule has 1 aromatic heterocycles. The molecule has 0 aliphatic rings. The van der Waals surface area contributed by atoms with Gasteiger partial charge in [-0.15, -0.1) is 0 Å². The van der Waals surface area contributed by atoms with Gasteiger partial charge in [-0.1, -0.05) is 18.5 Å². The van der Waals surface area contributed by atoms with E-state index in [1.165, 1.54) is 6.20 Å². The standard InChI is InChI=1S/C11H16ClN3O2/c1-2-8(4-6-16)14-11(17)15-9-3-5-13-10(12)7-9/h3,5,7-8,16H,2,4,6H2,1H3,(H2,13,14,15,17). The number of hydrogen-bond acceptors (Lipinski definition) is 3. The second kappa shape index (κ2) is 7.09. The van der Waals surface area contributed by atoms with Gasteiger partial charge < -0.3 is 15.7 Å². The van der Waals surface area contributed by atoms with Crippen LogP contribution in [0.25, 0.3) is 0 Å². The second-order valence-electron chi connectivity index (χ2n) is 3.58. The van der Waals surface area contributed by atoms with Gasteiger partial charge >= 0.3 is 6.03 Å². The molecule has 0 bridgehead atoms. The molecule has 2 amide bonds. The summed E-state index contributed by atoms with van der Waals surface area (Å²) in [5.41, 5.74) is 0.585. The number of nitrogens with zero attached hydrogens (tertiary/aromatic N) is 1. The van der Waals surface area contributed by atoms with Crippen LogP contribution >= 0.6 is 11.6 Å². The molecular formula is C11H16ClN3O2. The highest BCUT2D eigenvalue weighted by Crippen LogP contribution is 2.11. The SMILES string of the molecule is CCC(CCO)NC(=O)Nc1ccnc(Cl)c1. The lowest BCUT2D eigenvalue weighted by Crippen LogP contribution is -2.38. The van der Waals surface area contributed by atoms with Crippen molar-refractivity contribution in [3.63, 3.8) is 0 Å². The van der Waals surface area contributed by atoms with Crippen LogP contribution in [0, 0.1) is 0 Å². The van der Waals surface area contributed by atoms with Crippen LogP contribution in [0.4, 0.5) is 10.5 Å². The van der Waals surface area contributed by atoms with Crippen LogP contribution in [0.2, 0.25) is 5.15 Å². The van der Waals surface area contributed by atoms with Crippen molar-refractivity contribution in [3.8, 4) is 0 Å². The van der Waals surface area contributed by atoms with E-state index in [-0.39, 0.29) is 18.7 Å². The van der Waals surface area contributed by atoms with Crippen LogP contribution in [-0.2, 0) is 0 Å². The first-order valence-corrected chi connectivity index (χ1v) is 5.83. The number of anilines is 1. The Labute approximate surface area is 105 Å². The third-order valence-corrected chi connectivity index (χ3v) is 2.50. The third kappa shape index (κ3) is 5.01. The summed E-state index contributed by atoms with van der Waals surface area (Å²) in [4.78, 5) is 15.4. The van der Waals surface area contributed by atoms with Gasteiger partial charge in [0.2, 0.25) is 0 Å². The normalized spacial score (nSPS) is 11.9. The lowest BCUT2D eigenvalue weighted by atomic mass is 10.2. The fourth-order valence-corrected chi connectivity index (χ4v) is 1.54. The molecular weight excluding hydrogens is 242 g/mol. The van der Waals surface area contributed by atoms with Crippen molar-refractivity contribution in [1.82, 2.24) is 10.3 Å². The quantitative estimate of drug-likeness (QED) is 0.707. The van der Waals surface area contributed by atoms with Gasteiger partial charge in [-0.25, -0.2) is 9.78 Å². The van der Waals surface area contributed by atoms with Gasteiger partial charge in [-0.2, -0.15) is 0 Å². The summed E-state index contributed by atoms with van der Waals surface area (Å²) in [5, 5.41) is 14.5. The van der Waals surface area contributed by atoms with Crippen LogP contribution in [0.15, 0.2) is 18.3 Å². The molecule has 0 aliphatic heterocycles. The van der Waals surface area contributed by atoms with Gasteiger partial charge in [-0.05, 0) is 25.0 Å². The highest BCUT2D eigenvalue weighted by Gasteiger charge is 2.09. The van der Waals surface area contributed by atoms with Crippen molar-refractivity contribution in [2.24, 2.45) is 0 Å². The number of carbonyl (C=O) groups excluding carboxylic acids is 1. The van der Waals surface area contributed by atoms with E-state index in [0.29, 0.717) is 17.3 Å². The molecule has 1 heterocycles. The number of pyridine rings is 1. The number of aliphatic hydroxyl groups is 1. The Hall–Kier alpha value is -1.33. The van der Waals surface area contributed by atoms with Gasteiger partial charge in [-0.3, -0.25) is 0 Å². The number of aliphatic hydroxyl groups excluding tert-OH is 1. The van der Waals surface area contributed by atoms with E-state index in [4.69, 9.17) is 16.7 Å². The molecule has 0 aromatic carbocycles. The van der Waals surface area contributed by atoms with Gasteiger partial charge in [0.25, 0.3) is 0 Å². The summed E-state index contributed by atoms with van der Waals surface area (Å²) >= 11 is 5.70. The van der Waals surface area contributed by atoms with E-state index in [1.54, 1.807) is 12.1 Å². The van der Waals surface area contributed by atoms with Gasteiger partial charge in [0.15, 0.2) is 0 Å². The molecule has 0 saturated heterocycles. The zero-order chi connectivity index (χ0) is 12.7. The Balaban J connectivity index is 2.49. The molecule has 1 atom stereocenters. The average Bonchev–Trinajstić information content (AvgIpc) is 2.28. The van der Waals surface area contributed by atoms with Crippen LogP contribution in [-0.4, -0.2) is 28.8 Å². The molecule has 5 nitrogen and oxygen atoms in total. The number of urea groups is 1. The van der Waals surface area contributed by atoms with E-state index in [1.807, 2.05) is 6.92 Å². The van der Waals surface area contributed by atoms with Crippen molar-refractivity contribution >= 4 is 23.3 Å². The molecule has 0 saturated carbocycles. The van der Waals surface area contributed by atoms with Crippen molar-refractivity contribution in [2.75, 3.05) is 11.9 Å². The van der Waals surface area contributed by atoms with Crippen LogP contribution < -0.4 is 10.6 Å². The maximum atomic E-state index is 11.6. The average molecular weight is 258 g/mol. The van der Waals surface area contributed by atoms with E-state index in [0.717, 1.165) is 6.42 Å². The minimum atomic E-state index is -0.312. The zero-order valence-electron chi connectivity index (χ0n) is 9.61. The summed E-state index contributed by atoms with van der Waals surface area (Å²) in [6.45, 7) is 2.00. The first-order chi connectivity index (χ1) is 8.15. The molecule has 1 rings (SSSR count). The van der Waals surface area contributed by atoms with Gasteiger partial charge in [0, 0.05) is 24.5 Å². The molecule has 6 heteroatoms. The topological polar surface area (TPSA) is 74.2 Å². The molecule has 0 aliphatic carbocycles. The van der Waals surface area contributed by atoms with Crippen molar-refractivity contribution in [2.45, 2.75) is 25.8 Å². The summed E-state index contributed by atoms with van der Waals surface area (Å²) in [7, 11) is 0. The number of amides is 2. The summed E-state index contributed by atoms with van der Waals surface area (Å²) in [6, 6.07) is 2.87. The van der Waals surface area contributed by atoms with Crippen molar-refractivity contribution in [1.29, 1.82) is 0 Å². The monoisotopic (exact) mass is 257 g/mol. The predicted molar refractivity (Wildman–Crippen MR) is 67.2 cm³/mol. The summed E-state index contributed by atoms with van der Waals surface area (Å²) in [6.07, 6.45) is 2.83. The lowest BCUT2D eigenvalue weighted by Gasteiger charge is -2.16. The fourth-order valence-electron chi connectivity index (χ4n) is 1.37. The smallest absolute Gasteiger partial charge is 0.319 e. The van der Waals surface area contributed by atoms with E-state index in [9.17, 15) is 4.79 Å². The van der Waals surface area contributed by atoms with Crippen molar-refractivity contribution < 1.29 is 9.90 Å². The van der Waals surface area contributed by atoms with Crippen LogP contribution in [0.5, 0.6) is 0 Å². The second-order valence-corrected chi connectivity index (χ2v) is 3.97. The molecule has 3 N–H and O–H groups in total. The third-order valence-electron chi connectivity index (χ3n) is 2.29. The predicted octanol–water partition coefficient (Wildman–Crippen LogP) is 2.02. The number of rotatable bonds is 5. The number of nitrogens with one attached hydrogen (secondary N) is 2. The molecule has 0 fully saturated rings. The lowest BCUT2D eigenvalue weighted by molar-refractivity contribution is 0.237. The number of aromatic nitrogens is 1. The minimum absolute atomic E-state index is 0.0303.